The molecule has 0 bridgehead atoms. The van der Waals surface area contributed by atoms with E-state index in [1.807, 2.05) is 12.1 Å². The van der Waals surface area contributed by atoms with Crippen molar-refractivity contribution in [2.75, 3.05) is 33.0 Å². The molecule has 6 nitrogen and oxygen atoms in total. The van der Waals surface area contributed by atoms with Gasteiger partial charge in [0.05, 0.1) is 31.1 Å². The van der Waals surface area contributed by atoms with E-state index in [2.05, 4.69) is 57.0 Å². The molecule has 3 aromatic rings. The number of rotatable bonds is 3. The summed E-state index contributed by atoms with van der Waals surface area (Å²) in [6, 6.07) is 12.4. The third-order valence-corrected chi connectivity index (χ3v) is 5.78. The lowest BCUT2D eigenvalue weighted by Crippen LogP contribution is -2.36. The number of ether oxygens (including phenoxy) is 5. The number of methoxy groups -OCH3 is 2. The highest BCUT2D eigenvalue weighted by atomic mass is 16.7. The van der Waals surface area contributed by atoms with Gasteiger partial charge >= 0.3 is 0 Å². The van der Waals surface area contributed by atoms with Crippen LogP contribution < -0.4 is 23.8 Å². The van der Waals surface area contributed by atoms with Gasteiger partial charge in [-0.25, -0.2) is 0 Å². The van der Waals surface area contributed by atoms with Crippen LogP contribution in [0.2, 0.25) is 0 Å². The van der Waals surface area contributed by atoms with Crippen LogP contribution in [-0.2, 0) is 4.74 Å². The van der Waals surface area contributed by atoms with Crippen molar-refractivity contribution >= 4 is 16.5 Å². The van der Waals surface area contributed by atoms with Crippen LogP contribution in [-0.4, -0.2) is 33.7 Å². The molecular formula is C25H27NO5. The van der Waals surface area contributed by atoms with E-state index in [0.717, 1.165) is 44.6 Å². The molecule has 0 aromatic heterocycles. The van der Waals surface area contributed by atoms with Crippen LogP contribution >= 0.6 is 0 Å². The van der Waals surface area contributed by atoms with Gasteiger partial charge in [0.25, 0.3) is 0 Å². The SMILES string of the molecule is COc1ccc2c(c1OC)C(OC(C)(C)C)N(C)c1c-2ccc2cc3c(cc12)OCO3. The van der Waals surface area contributed by atoms with Gasteiger partial charge in [-0.05, 0) is 56.0 Å². The molecule has 2 aliphatic heterocycles. The fourth-order valence-electron chi connectivity index (χ4n) is 4.51. The van der Waals surface area contributed by atoms with Crippen LogP contribution in [0.25, 0.3) is 21.9 Å². The van der Waals surface area contributed by atoms with E-state index in [4.69, 9.17) is 23.7 Å². The van der Waals surface area contributed by atoms with E-state index in [0.29, 0.717) is 11.5 Å². The van der Waals surface area contributed by atoms with Gasteiger partial charge in [-0.15, -0.1) is 0 Å². The average Bonchev–Trinajstić information content (AvgIpc) is 3.19. The first kappa shape index (κ1) is 19.8. The van der Waals surface area contributed by atoms with Gasteiger partial charge < -0.3 is 28.6 Å². The summed E-state index contributed by atoms with van der Waals surface area (Å²) in [6.45, 7) is 6.43. The fourth-order valence-corrected chi connectivity index (χ4v) is 4.51. The molecule has 0 spiro atoms. The Bertz CT molecular complexity index is 1180. The zero-order chi connectivity index (χ0) is 21.9. The monoisotopic (exact) mass is 421 g/mol. The Hall–Kier alpha value is -3.12. The van der Waals surface area contributed by atoms with E-state index in [-0.39, 0.29) is 18.6 Å². The molecule has 0 fully saturated rings. The highest BCUT2D eigenvalue weighted by Gasteiger charge is 2.37. The molecule has 0 N–H and O–H groups in total. The normalized spacial score (nSPS) is 16.8. The molecule has 5 rings (SSSR count). The molecule has 2 heterocycles. The fraction of sp³-hybridized carbons (Fsp3) is 0.360. The molecule has 1 unspecified atom stereocenters. The molecule has 1 atom stereocenters. The second-order valence-electron chi connectivity index (χ2n) is 8.84. The van der Waals surface area contributed by atoms with Crippen LogP contribution in [0.5, 0.6) is 23.0 Å². The first-order valence-electron chi connectivity index (χ1n) is 10.3. The summed E-state index contributed by atoms with van der Waals surface area (Å²) in [7, 11) is 5.38. The Balaban J connectivity index is 1.82. The maximum Gasteiger partial charge on any atom is 0.231 e. The van der Waals surface area contributed by atoms with Crippen LogP contribution in [0.4, 0.5) is 5.69 Å². The maximum absolute atomic E-state index is 6.59. The highest BCUT2D eigenvalue weighted by Crippen LogP contribution is 2.54. The standard InChI is InChI=1S/C25H27NO5/c1-25(2,3)31-24-21-15(9-10-18(27-5)23(21)28-6)16-8-7-14-11-19-20(30-13-29-19)12-17(14)22(16)26(24)4/h7-12,24H,13H2,1-6H3. The summed E-state index contributed by atoms with van der Waals surface area (Å²) in [5.41, 5.74) is 3.86. The van der Waals surface area contributed by atoms with Crippen molar-refractivity contribution in [2.45, 2.75) is 32.6 Å². The molecule has 162 valence electrons. The zero-order valence-electron chi connectivity index (χ0n) is 18.7. The number of hydrogen-bond acceptors (Lipinski definition) is 6. The molecule has 31 heavy (non-hydrogen) atoms. The first-order chi connectivity index (χ1) is 14.8. The Morgan fingerprint density at radius 2 is 1.65 bits per heavy atom. The van der Waals surface area contributed by atoms with Crippen molar-refractivity contribution in [1.29, 1.82) is 0 Å². The zero-order valence-corrected chi connectivity index (χ0v) is 18.7. The highest BCUT2D eigenvalue weighted by molar-refractivity contribution is 6.05. The predicted molar refractivity (Wildman–Crippen MR) is 121 cm³/mol. The Morgan fingerprint density at radius 3 is 2.32 bits per heavy atom. The average molecular weight is 421 g/mol. The van der Waals surface area contributed by atoms with Crippen molar-refractivity contribution in [3.8, 4) is 34.1 Å². The van der Waals surface area contributed by atoms with Crippen LogP contribution in [0.15, 0.2) is 36.4 Å². The van der Waals surface area contributed by atoms with Crippen molar-refractivity contribution in [1.82, 2.24) is 0 Å². The van der Waals surface area contributed by atoms with Gasteiger partial charge in [0.1, 0.15) is 0 Å². The molecular weight excluding hydrogens is 394 g/mol. The van der Waals surface area contributed by atoms with Crippen LogP contribution in [0.1, 0.15) is 32.6 Å². The van der Waals surface area contributed by atoms with Crippen molar-refractivity contribution < 1.29 is 23.7 Å². The Labute approximate surface area is 182 Å². The number of anilines is 1. The third-order valence-electron chi connectivity index (χ3n) is 5.78. The van der Waals surface area contributed by atoms with E-state index >= 15 is 0 Å². The summed E-state index contributed by atoms with van der Waals surface area (Å²) >= 11 is 0. The van der Waals surface area contributed by atoms with Gasteiger partial charge in [0.2, 0.25) is 6.79 Å². The number of nitrogens with zero attached hydrogens (tertiary/aromatic N) is 1. The van der Waals surface area contributed by atoms with Gasteiger partial charge in [-0.3, -0.25) is 0 Å². The van der Waals surface area contributed by atoms with E-state index in [1.54, 1.807) is 14.2 Å². The minimum atomic E-state index is -0.370. The maximum atomic E-state index is 6.59. The Kier molecular flexibility index (Phi) is 4.45. The minimum Gasteiger partial charge on any atom is -0.493 e. The molecule has 0 amide bonds. The van der Waals surface area contributed by atoms with Gasteiger partial charge in [0, 0.05) is 18.0 Å². The van der Waals surface area contributed by atoms with Gasteiger partial charge in [0.15, 0.2) is 29.2 Å². The molecule has 0 radical (unpaired) electrons. The third kappa shape index (κ3) is 3.05. The lowest BCUT2D eigenvalue weighted by atomic mass is 9.88. The summed E-state index contributed by atoms with van der Waals surface area (Å²) in [6.07, 6.45) is -0.358. The summed E-state index contributed by atoms with van der Waals surface area (Å²) in [5, 5.41) is 2.18. The quantitative estimate of drug-likeness (QED) is 0.555. The number of hydrogen-bond donors (Lipinski definition) is 0. The van der Waals surface area contributed by atoms with E-state index in [1.165, 1.54) is 0 Å². The first-order valence-corrected chi connectivity index (χ1v) is 10.3. The topological polar surface area (TPSA) is 49.4 Å². The summed E-state index contributed by atoms with van der Waals surface area (Å²) in [5.74, 6) is 2.92. The van der Waals surface area contributed by atoms with Crippen LogP contribution in [0.3, 0.4) is 0 Å². The predicted octanol–water partition coefficient (Wildman–Crippen LogP) is 5.52. The molecule has 2 aliphatic rings. The molecule has 0 saturated heterocycles. The second kappa shape index (κ2) is 6.95. The second-order valence-corrected chi connectivity index (χ2v) is 8.84. The smallest absolute Gasteiger partial charge is 0.231 e. The lowest BCUT2D eigenvalue weighted by Gasteiger charge is -2.41. The van der Waals surface area contributed by atoms with E-state index < -0.39 is 0 Å². The number of benzene rings is 3. The van der Waals surface area contributed by atoms with Crippen molar-refractivity contribution in [3.05, 3.63) is 42.0 Å². The molecule has 0 aliphatic carbocycles. The summed E-state index contributed by atoms with van der Waals surface area (Å²) in [4.78, 5) is 2.18. The Morgan fingerprint density at radius 1 is 0.935 bits per heavy atom. The lowest BCUT2D eigenvalue weighted by molar-refractivity contribution is -0.0617. The summed E-state index contributed by atoms with van der Waals surface area (Å²) < 4.78 is 29.3. The van der Waals surface area contributed by atoms with Gasteiger partial charge in [-0.2, -0.15) is 0 Å². The number of fused-ring (bicyclic) bond motifs is 6. The van der Waals surface area contributed by atoms with Crippen molar-refractivity contribution in [3.63, 3.8) is 0 Å². The largest absolute Gasteiger partial charge is 0.493 e. The molecule has 0 saturated carbocycles. The van der Waals surface area contributed by atoms with Crippen LogP contribution in [0, 0.1) is 0 Å². The van der Waals surface area contributed by atoms with E-state index in [9.17, 15) is 0 Å². The van der Waals surface area contributed by atoms with Crippen molar-refractivity contribution in [2.24, 2.45) is 0 Å². The molecule has 6 heteroatoms. The minimum absolute atomic E-state index is 0.249. The molecule has 3 aromatic carbocycles. The van der Waals surface area contributed by atoms with Gasteiger partial charge in [-0.1, -0.05) is 12.1 Å².